The molecule has 0 saturated carbocycles. The second-order valence-corrected chi connectivity index (χ2v) is 8.29. The number of hydrogen-bond acceptors (Lipinski definition) is 5. The summed E-state index contributed by atoms with van der Waals surface area (Å²) < 4.78 is 44.8. The molecule has 39 heavy (non-hydrogen) atoms. The number of nitrogens with one attached hydrogen (secondary N) is 3. The molecular weight excluding hydrogens is 535 g/mol. The highest BCUT2D eigenvalue weighted by atomic mass is 35.5. The van der Waals surface area contributed by atoms with E-state index in [-0.39, 0.29) is 11.4 Å². The number of carbonyl (C=O) groups excluding carboxylic acids is 2. The van der Waals surface area contributed by atoms with Gasteiger partial charge in [0.1, 0.15) is 17.2 Å². The standard InChI is InChI=1S/C27H19ClF3N5O3/c28-23-11-8-19(14-22(23)27(29,30)31)35-26(38)34-18-6-9-20(10-7-18)39-21-12-13-32-24(15-21)25(37)36-33-16-17-4-2-1-3-5-17/h1-16H,(H,36,37)(H2,34,35,38)/b33-16+. The SMILES string of the molecule is O=C(Nc1ccc(Oc2ccnc(C(=O)N/N=C/c3ccccc3)c2)cc1)Nc1ccc(Cl)c(C(F)(F)F)c1. The lowest BCUT2D eigenvalue weighted by Crippen LogP contribution is -2.19. The van der Waals surface area contributed by atoms with E-state index in [1.54, 1.807) is 18.2 Å². The van der Waals surface area contributed by atoms with Gasteiger partial charge in [0, 0.05) is 23.6 Å². The van der Waals surface area contributed by atoms with Crippen molar-refractivity contribution in [1.29, 1.82) is 0 Å². The molecule has 3 aromatic carbocycles. The van der Waals surface area contributed by atoms with Gasteiger partial charge in [0.25, 0.3) is 5.91 Å². The Morgan fingerprint density at radius 2 is 1.56 bits per heavy atom. The second-order valence-electron chi connectivity index (χ2n) is 7.88. The largest absolute Gasteiger partial charge is 0.457 e. The van der Waals surface area contributed by atoms with Gasteiger partial charge in [0.15, 0.2) is 0 Å². The number of amides is 3. The lowest BCUT2D eigenvalue weighted by atomic mass is 10.2. The Balaban J connectivity index is 1.33. The van der Waals surface area contributed by atoms with Crippen LogP contribution in [-0.4, -0.2) is 23.1 Å². The van der Waals surface area contributed by atoms with Crippen molar-refractivity contribution in [2.45, 2.75) is 6.18 Å². The van der Waals surface area contributed by atoms with Gasteiger partial charge in [0.2, 0.25) is 0 Å². The lowest BCUT2D eigenvalue weighted by molar-refractivity contribution is -0.137. The minimum Gasteiger partial charge on any atom is -0.457 e. The van der Waals surface area contributed by atoms with Gasteiger partial charge < -0.3 is 15.4 Å². The van der Waals surface area contributed by atoms with Crippen molar-refractivity contribution in [1.82, 2.24) is 10.4 Å². The number of nitrogens with zero attached hydrogens (tertiary/aromatic N) is 2. The number of hydrogen-bond donors (Lipinski definition) is 3. The molecule has 0 aliphatic carbocycles. The van der Waals surface area contributed by atoms with Gasteiger partial charge in [-0.2, -0.15) is 18.3 Å². The van der Waals surface area contributed by atoms with Crippen LogP contribution in [0.3, 0.4) is 0 Å². The van der Waals surface area contributed by atoms with E-state index in [4.69, 9.17) is 16.3 Å². The van der Waals surface area contributed by atoms with Crippen LogP contribution in [0.25, 0.3) is 0 Å². The molecule has 8 nitrogen and oxygen atoms in total. The van der Waals surface area contributed by atoms with Crippen LogP contribution in [0.1, 0.15) is 21.6 Å². The maximum atomic E-state index is 13.0. The van der Waals surface area contributed by atoms with Crippen LogP contribution in [-0.2, 0) is 6.18 Å². The Morgan fingerprint density at radius 1 is 0.872 bits per heavy atom. The van der Waals surface area contributed by atoms with Crippen LogP contribution in [0.5, 0.6) is 11.5 Å². The fraction of sp³-hybridized carbons (Fsp3) is 0.0370. The highest BCUT2D eigenvalue weighted by Crippen LogP contribution is 2.36. The first kappa shape index (κ1) is 27.1. The maximum Gasteiger partial charge on any atom is 0.417 e. The number of ether oxygens (including phenoxy) is 1. The summed E-state index contributed by atoms with van der Waals surface area (Å²) in [6.45, 7) is 0. The zero-order valence-electron chi connectivity index (χ0n) is 19.9. The molecule has 0 radical (unpaired) electrons. The summed E-state index contributed by atoms with van der Waals surface area (Å²) in [5, 5.41) is 8.28. The fourth-order valence-corrected chi connectivity index (χ4v) is 3.44. The van der Waals surface area contributed by atoms with Gasteiger partial charge in [-0.1, -0.05) is 41.9 Å². The summed E-state index contributed by atoms with van der Waals surface area (Å²) in [5.74, 6) is 0.207. The smallest absolute Gasteiger partial charge is 0.417 e. The molecule has 0 aliphatic heterocycles. The monoisotopic (exact) mass is 553 g/mol. The zero-order chi connectivity index (χ0) is 27.8. The van der Waals surface area contributed by atoms with E-state index < -0.39 is 28.7 Å². The number of pyridine rings is 1. The minimum atomic E-state index is -4.66. The topological polar surface area (TPSA) is 105 Å². The molecule has 0 bridgehead atoms. The van der Waals surface area contributed by atoms with Gasteiger partial charge in [-0.15, -0.1) is 0 Å². The van der Waals surface area contributed by atoms with Crippen molar-refractivity contribution in [3.05, 3.63) is 113 Å². The van der Waals surface area contributed by atoms with E-state index in [0.717, 1.165) is 17.7 Å². The number of urea groups is 1. The number of rotatable bonds is 7. The van der Waals surface area contributed by atoms with Crippen molar-refractivity contribution in [3.8, 4) is 11.5 Å². The number of anilines is 2. The molecule has 12 heteroatoms. The Bertz CT molecular complexity index is 1500. The quantitative estimate of drug-likeness (QED) is 0.170. The van der Waals surface area contributed by atoms with Crippen LogP contribution < -0.4 is 20.8 Å². The number of alkyl halides is 3. The molecule has 198 valence electrons. The number of benzene rings is 3. The maximum absolute atomic E-state index is 13.0. The van der Waals surface area contributed by atoms with Gasteiger partial charge in [-0.25, -0.2) is 10.2 Å². The van der Waals surface area contributed by atoms with E-state index in [0.29, 0.717) is 17.2 Å². The van der Waals surface area contributed by atoms with Crippen LogP contribution >= 0.6 is 11.6 Å². The first-order valence-electron chi connectivity index (χ1n) is 11.2. The van der Waals surface area contributed by atoms with Crippen molar-refractivity contribution in [2.24, 2.45) is 5.10 Å². The number of hydrazone groups is 1. The summed E-state index contributed by atoms with van der Waals surface area (Å²) >= 11 is 5.60. The third-order valence-electron chi connectivity index (χ3n) is 5.02. The van der Waals surface area contributed by atoms with E-state index in [2.05, 4.69) is 26.1 Å². The highest BCUT2D eigenvalue weighted by molar-refractivity contribution is 6.31. The van der Waals surface area contributed by atoms with Gasteiger partial charge in [-0.3, -0.25) is 9.78 Å². The normalized spacial score (nSPS) is 11.2. The lowest BCUT2D eigenvalue weighted by Gasteiger charge is -2.12. The van der Waals surface area contributed by atoms with Crippen LogP contribution in [0.4, 0.5) is 29.3 Å². The summed E-state index contributed by atoms with van der Waals surface area (Å²) in [7, 11) is 0. The third kappa shape index (κ3) is 7.79. The van der Waals surface area contributed by atoms with E-state index in [9.17, 15) is 22.8 Å². The first-order valence-corrected chi connectivity index (χ1v) is 11.6. The zero-order valence-corrected chi connectivity index (χ0v) is 20.6. The molecule has 0 spiro atoms. The fourth-order valence-electron chi connectivity index (χ4n) is 3.22. The molecule has 4 aromatic rings. The van der Waals surface area contributed by atoms with E-state index in [1.807, 2.05) is 30.3 Å². The Morgan fingerprint density at radius 3 is 2.28 bits per heavy atom. The van der Waals surface area contributed by atoms with Crippen LogP contribution in [0.15, 0.2) is 96.2 Å². The first-order chi connectivity index (χ1) is 18.7. The Hall–Kier alpha value is -4.90. The summed E-state index contributed by atoms with van der Waals surface area (Å²) in [6, 6.07) is 20.7. The molecule has 1 heterocycles. The molecule has 3 N–H and O–H groups in total. The van der Waals surface area contributed by atoms with Crippen LogP contribution in [0.2, 0.25) is 5.02 Å². The molecule has 1 aromatic heterocycles. The average molecular weight is 554 g/mol. The van der Waals surface area contributed by atoms with Gasteiger partial charge in [-0.05, 0) is 54.1 Å². The summed E-state index contributed by atoms with van der Waals surface area (Å²) in [6.07, 6.45) is -1.74. The summed E-state index contributed by atoms with van der Waals surface area (Å²) in [5.41, 5.74) is 2.53. The average Bonchev–Trinajstić information content (AvgIpc) is 2.91. The molecule has 0 aliphatic rings. The summed E-state index contributed by atoms with van der Waals surface area (Å²) in [4.78, 5) is 28.6. The van der Waals surface area contributed by atoms with Gasteiger partial charge in [0.05, 0.1) is 16.8 Å². The Labute approximate surface area is 225 Å². The molecule has 3 amide bonds. The van der Waals surface area contributed by atoms with Crippen molar-refractivity contribution in [3.63, 3.8) is 0 Å². The third-order valence-corrected chi connectivity index (χ3v) is 5.35. The molecule has 0 atom stereocenters. The predicted octanol–water partition coefficient (Wildman–Crippen LogP) is 6.95. The van der Waals surface area contributed by atoms with Crippen molar-refractivity contribution < 1.29 is 27.5 Å². The molecule has 0 saturated heterocycles. The van der Waals surface area contributed by atoms with Crippen molar-refractivity contribution >= 4 is 41.1 Å². The second kappa shape index (κ2) is 12.1. The molecule has 0 unspecified atom stereocenters. The molecule has 0 fully saturated rings. The number of carbonyl (C=O) groups is 2. The predicted molar refractivity (Wildman–Crippen MR) is 141 cm³/mol. The van der Waals surface area contributed by atoms with E-state index in [1.165, 1.54) is 36.7 Å². The highest BCUT2D eigenvalue weighted by Gasteiger charge is 2.33. The van der Waals surface area contributed by atoms with Crippen molar-refractivity contribution in [2.75, 3.05) is 10.6 Å². The van der Waals surface area contributed by atoms with Gasteiger partial charge >= 0.3 is 12.2 Å². The number of aromatic nitrogens is 1. The Kier molecular flexibility index (Phi) is 8.42. The minimum absolute atomic E-state index is 0.0764. The molecular formula is C27H19ClF3N5O3. The number of halogens is 4. The van der Waals surface area contributed by atoms with E-state index >= 15 is 0 Å². The van der Waals surface area contributed by atoms with Crippen LogP contribution in [0, 0.1) is 0 Å². The molecule has 4 rings (SSSR count).